The Morgan fingerprint density at radius 1 is 1.50 bits per heavy atom. The standard InChI is InChI=1S/C16H17FN2O2S/c1-2-21-15(20)14-9-18-16(22)19(14)13-6-4-10-3-5-12(17)7-11(10)8-13/h3,5,7,9,13H,2,4,6,8H2,1H3,(H,18,22). The SMILES string of the molecule is CCOC(=O)c1c[nH]c(=S)n1C1CCc2ccc(F)cc2C1. The number of hydrogen-bond donors (Lipinski definition) is 1. The Kier molecular flexibility index (Phi) is 4.11. The van der Waals surface area contributed by atoms with Crippen LogP contribution in [-0.2, 0) is 17.6 Å². The van der Waals surface area contributed by atoms with Gasteiger partial charge in [0.1, 0.15) is 11.5 Å². The van der Waals surface area contributed by atoms with Crippen LogP contribution in [0.4, 0.5) is 4.39 Å². The molecule has 3 rings (SSSR count). The van der Waals surface area contributed by atoms with E-state index in [2.05, 4.69) is 4.98 Å². The summed E-state index contributed by atoms with van der Waals surface area (Å²) in [7, 11) is 0. The fourth-order valence-electron chi connectivity index (χ4n) is 3.03. The summed E-state index contributed by atoms with van der Waals surface area (Å²) in [4.78, 5) is 15.0. The van der Waals surface area contributed by atoms with Gasteiger partial charge in [-0.3, -0.25) is 0 Å². The van der Waals surface area contributed by atoms with E-state index in [9.17, 15) is 9.18 Å². The molecule has 0 saturated heterocycles. The number of aromatic amines is 1. The van der Waals surface area contributed by atoms with Crippen molar-refractivity contribution in [3.63, 3.8) is 0 Å². The van der Waals surface area contributed by atoms with Crippen LogP contribution in [0.3, 0.4) is 0 Å². The lowest BCUT2D eigenvalue weighted by Gasteiger charge is -2.26. The number of esters is 1. The maximum atomic E-state index is 13.4. The van der Waals surface area contributed by atoms with Crippen LogP contribution >= 0.6 is 12.2 Å². The van der Waals surface area contributed by atoms with E-state index in [0.29, 0.717) is 23.5 Å². The molecule has 1 aliphatic carbocycles. The number of ether oxygens (including phenoxy) is 1. The molecule has 0 aliphatic heterocycles. The Bertz CT molecular complexity index is 766. The normalized spacial score (nSPS) is 17.1. The van der Waals surface area contributed by atoms with Gasteiger partial charge in [-0.05, 0) is 61.7 Å². The van der Waals surface area contributed by atoms with Gasteiger partial charge in [0, 0.05) is 12.2 Å². The predicted octanol–water partition coefficient (Wildman–Crippen LogP) is 3.59. The molecule has 0 fully saturated rings. The Morgan fingerprint density at radius 3 is 3.09 bits per heavy atom. The first-order chi connectivity index (χ1) is 10.6. The highest BCUT2D eigenvalue weighted by Gasteiger charge is 2.25. The molecule has 1 heterocycles. The molecular weight excluding hydrogens is 303 g/mol. The van der Waals surface area contributed by atoms with Gasteiger partial charge in [0.15, 0.2) is 4.77 Å². The minimum Gasteiger partial charge on any atom is -0.461 e. The summed E-state index contributed by atoms with van der Waals surface area (Å²) in [5, 5.41) is 0. The minimum absolute atomic E-state index is 0.0347. The number of aryl methyl sites for hydroxylation is 1. The fourth-order valence-corrected chi connectivity index (χ4v) is 3.34. The fraction of sp³-hybridized carbons (Fsp3) is 0.375. The molecule has 0 amide bonds. The van der Waals surface area contributed by atoms with E-state index in [1.165, 1.54) is 6.07 Å². The molecule has 0 saturated carbocycles. The highest BCUT2D eigenvalue weighted by Crippen LogP contribution is 2.30. The van der Waals surface area contributed by atoms with Gasteiger partial charge in [-0.15, -0.1) is 0 Å². The monoisotopic (exact) mass is 320 g/mol. The molecule has 6 heteroatoms. The van der Waals surface area contributed by atoms with E-state index < -0.39 is 0 Å². The number of halogens is 1. The number of carbonyl (C=O) groups excluding carboxylic acids is 1. The third kappa shape index (κ3) is 2.70. The summed E-state index contributed by atoms with van der Waals surface area (Å²) in [5.41, 5.74) is 2.57. The number of imidazole rings is 1. The smallest absolute Gasteiger partial charge is 0.356 e. The lowest BCUT2D eigenvalue weighted by Crippen LogP contribution is -2.23. The Balaban J connectivity index is 1.94. The highest BCUT2D eigenvalue weighted by atomic mass is 32.1. The molecule has 116 valence electrons. The number of benzene rings is 1. The maximum absolute atomic E-state index is 13.4. The van der Waals surface area contributed by atoms with E-state index in [0.717, 1.165) is 24.0 Å². The first kappa shape index (κ1) is 15.0. The number of rotatable bonds is 3. The second-order valence-electron chi connectivity index (χ2n) is 5.38. The average molecular weight is 320 g/mol. The summed E-state index contributed by atoms with van der Waals surface area (Å²) in [6, 6.07) is 4.93. The van der Waals surface area contributed by atoms with Crippen molar-refractivity contribution in [3.05, 3.63) is 51.8 Å². The van der Waals surface area contributed by atoms with Crippen LogP contribution in [0.2, 0.25) is 0 Å². The van der Waals surface area contributed by atoms with Crippen molar-refractivity contribution in [2.24, 2.45) is 0 Å². The topological polar surface area (TPSA) is 47.0 Å². The molecule has 1 N–H and O–H groups in total. The lowest BCUT2D eigenvalue weighted by molar-refractivity contribution is 0.0510. The number of aromatic nitrogens is 2. The van der Waals surface area contributed by atoms with Gasteiger partial charge in [0.2, 0.25) is 0 Å². The van der Waals surface area contributed by atoms with E-state index in [4.69, 9.17) is 17.0 Å². The number of carbonyl (C=O) groups is 1. The number of nitrogens with one attached hydrogen (secondary N) is 1. The van der Waals surface area contributed by atoms with Crippen LogP contribution < -0.4 is 0 Å². The van der Waals surface area contributed by atoms with Gasteiger partial charge < -0.3 is 14.3 Å². The number of H-pyrrole nitrogens is 1. The predicted molar refractivity (Wildman–Crippen MR) is 83.0 cm³/mol. The van der Waals surface area contributed by atoms with Crippen molar-refractivity contribution >= 4 is 18.2 Å². The molecule has 1 aromatic heterocycles. The summed E-state index contributed by atoms with van der Waals surface area (Å²) in [5.74, 6) is -0.623. The van der Waals surface area contributed by atoms with E-state index in [-0.39, 0.29) is 17.8 Å². The molecule has 4 nitrogen and oxygen atoms in total. The first-order valence-corrected chi connectivity index (χ1v) is 7.75. The molecule has 1 aromatic carbocycles. The van der Waals surface area contributed by atoms with Crippen LogP contribution in [-0.4, -0.2) is 22.1 Å². The van der Waals surface area contributed by atoms with E-state index in [1.807, 2.05) is 6.07 Å². The zero-order chi connectivity index (χ0) is 15.7. The summed E-state index contributed by atoms with van der Waals surface area (Å²) in [6.45, 7) is 2.08. The molecule has 2 aromatic rings. The van der Waals surface area contributed by atoms with Crippen molar-refractivity contribution in [3.8, 4) is 0 Å². The molecule has 1 atom stereocenters. The van der Waals surface area contributed by atoms with Crippen LogP contribution in [0.1, 0.15) is 41.0 Å². The van der Waals surface area contributed by atoms with Crippen LogP contribution in [0.15, 0.2) is 24.4 Å². The largest absolute Gasteiger partial charge is 0.461 e. The molecule has 0 radical (unpaired) electrons. The lowest BCUT2D eigenvalue weighted by atomic mass is 9.88. The van der Waals surface area contributed by atoms with Gasteiger partial charge in [-0.1, -0.05) is 6.07 Å². The Labute approximate surface area is 132 Å². The van der Waals surface area contributed by atoms with Gasteiger partial charge >= 0.3 is 5.97 Å². The van der Waals surface area contributed by atoms with Crippen molar-refractivity contribution in [1.29, 1.82) is 0 Å². The minimum atomic E-state index is -0.389. The first-order valence-electron chi connectivity index (χ1n) is 7.34. The zero-order valence-electron chi connectivity index (χ0n) is 12.3. The molecule has 22 heavy (non-hydrogen) atoms. The number of hydrogen-bond acceptors (Lipinski definition) is 3. The third-order valence-electron chi connectivity index (χ3n) is 4.03. The number of nitrogens with zero attached hydrogens (tertiary/aromatic N) is 1. The average Bonchev–Trinajstić information content (AvgIpc) is 2.88. The van der Waals surface area contributed by atoms with Crippen LogP contribution in [0.25, 0.3) is 0 Å². The maximum Gasteiger partial charge on any atom is 0.356 e. The molecule has 0 bridgehead atoms. The van der Waals surface area contributed by atoms with Gasteiger partial charge in [-0.25, -0.2) is 9.18 Å². The molecule has 0 spiro atoms. The van der Waals surface area contributed by atoms with Crippen molar-refractivity contribution in [2.45, 2.75) is 32.2 Å². The Morgan fingerprint density at radius 2 is 2.32 bits per heavy atom. The van der Waals surface area contributed by atoms with Gasteiger partial charge in [-0.2, -0.15) is 0 Å². The second-order valence-corrected chi connectivity index (χ2v) is 5.77. The van der Waals surface area contributed by atoms with Crippen LogP contribution in [0, 0.1) is 10.6 Å². The van der Waals surface area contributed by atoms with Gasteiger partial charge in [0.05, 0.1) is 6.61 Å². The van der Waals surface area contributed by atoms with Crippen LogP contribution in [0.5, 0.6) is 0 Å². The van der Waals surface area contributed by atoms with Crippen molar-refractivity contribution in [2.75, 3.05) is 6.61 Å². The van der Waals surface area contributed by atoms with Crippen molar-refractivity contribution in [1.82, 2.24) is 9.55 Å². The quantitative estimate of drug-likeness (QED) is 0.694. The number of fused-ring (bicyclic) bond motifs is 1. The summed E-state index contributed by atoms with van der Waals surface area (Å²) < 4.78 is 20.8. The van der Waals surface area contributed by atoms with E-state index >= 15 is 0 Å². The second kappa shape index (κ2) is 6.04. The molecule has 1 aliphatic rings. The summed E-state index contributed by atoms with van der Waals surface area (Å²) >= 11 is 5.31. The highest BCUT2D eigenvalue weighted by molar-refractivity contribution is 7.71. The third-order valence-corrected chi connectivity index (χ3v) is 4.35. The van der Waals surface area contributed by atoms with Gasteiger partial charge in [0.25, 0.3) is 0 Å². The summed E-state index contributed by atoms with van der Waals surface area (Å²) in [6.07, 6.45) is 3.94. The Hall–Kier alpha value is -1.95. The zero-order valence-corrected chi connectivity index (χ0v) is 13.1. The molecule has 1 unspecified atom stereocenters. The van der Waals surface area contributed by atoms with E-state index in [1.54, 1.807) is 23.8 Å². The van der Waals surface area contributed by atoms with Crippen molar-refractivity contribution < 1.29 is 13.9 Å². The molecular formula is C16H17FN2O2S.